The van der Waals surface area contributed by atoms with Gasteiger partial charge in [-0.1, -0.05) is 0 Å². The summed E-state index contributed by atoms with van der Waals surface area (Å²) < 4.78 is 11.0. The number of nitrogens with zero attached hydrogens (tertiary/aromatic N) is 1. The lowest BCUT2D eigenvalue weighted by atomic mass is 10.1. The average molecular weight is 303 g/mol. The van der Waals surface area contributed by atoms with Gasteiger partial charge in [-0.15, -0.1) is 0 Å². The van der Waals surface area contributed by atoms with Gasteiger partial charge in [-0.25, -0.2) is 0 Å². The first-order chi connectivity index (χ1) is 10.6. The van der Waals surface area contributed by atoms with E-state index in [0.29, 0.717) is 18.3 Å². The third-order valence-corrected chi connectivity index (χ3v) is 3.81. The number of hydrogen-bond donors (Lipinski definition) is 2. The van der Waals surface area contributed by atoms with E-state index in [4.69, 9.17) is 15.2 Å². The zero-order valence-electron chi connectivity index (χ0n) is 13.8. The fourth-order valence-corrected chi connectivity index (χ4v) is 2.66. The van der Waals surface area contributed by atoms with Gasteiger partial charge in [0.25, 0.3) is 0 Å². The molecule has 0 saturated carbocycles. The van der Waals surface area contributed by atoms with Crippen LogP contribution in [0, 0.1) is 6.92 Å². The number of methoxy groups -OCH3 is 2. The Balaban J connectivity index is 2.52. The second kappa shape index (κ2) is 7.31. The van der Waals surface area contributed by atoms with E-state index in [0.717, 1.165) is 40.7 Å². The fourth-order valence-electron chi connectivity index (χ4n) is 2.66. The molecule has 0 aliphatic carbocycles. The predicted molar refractivity (Wildman–Crippen MR) is 91.0 cm³/mol. The molecule has 22 heavy (non-hydrogen) atoms. The fraction of sp³-hybridized carbons (Fsp3) is 0.471. The molecule has 0 saturated heterocycles. The molecule has 5 nitrogen and oxygen atoms in total. The number of aryl methyl sites for hydroxylation is 1. The number of aromatic nitrogens is 1. The third kappa shape index (κ3) is 3.25. The number of ether oxygens (including phenoxy) is 2. The van der Waals surface area contributed by atoms with E-state index in [9.17, 15) is 0 Å². The van der Waals surface area contributed by atoms with Crippen LogP contribution in [0.3, 0.4) is 0 Å². The number of hydrogen-bond acceptors (Lipinski definition) is 5. The Kier molecular flexibility index (Phi) is 5.44. The van der Waals surface area contributed by atoms with Crippen molar-refractivity contribution in [2.45, 2.75) is 32.7 Å². The van der Waals surface area contributed by atoms with E-state index in [1.807, 2.05) is 25.3 Å². The molecule has 0 aliphatic rings. The quantitative estimate of drug-likeness (QED) is 0.822. The first kappa shape index (κ1) is 16.4. The second-order valence-electron chi connectivity index (χ2n) is 5.49. The van der Waals surface area contributed by atoms with E-state index in [1.165, 1.54) is 0 Å². The van der Waals surface area contributed by atoms with Crippen LogP contribution in [0.15, 0.2) is 18.3 Å². The normalized spacial score (nSPS) is 12.2. The Hall–Kier alpha value is -2.01. The SMILES string of the molecule is COc1cc(NC(C)CCCN)c2nccc(C)c2c1OC. The largest absolute Gasteiger partial charge is 0.493 e. The van der Waals surface area contributed by atoms with Gasteiger partial charge in [-0.05, 0) is 44.9 Å². The van der Waals surface area contributed by atoms with Crippen molar-refractivity contribution >= 4 is 16.6 Å². The molecule has 0 amide bonds. The van der Waals surface area contributed by atoms with Gasteiger partial charge in [0.15, 0.2) is 11.5 Å². The smallest absolute Gasteiger partial charge is 0.170 e. The standard InChI is InChI=1S/C17H25N3O2/c1-11-7-9-19-16-13(20-12(2)6-5-8-18)10-14(21-3)17(22-4)15(11)16/h7,9-10,12,20H,5-6,8,18H2,1-4H3. The van der Waals surface area contributed by atoms with Gasteiger partial charge in [0.05, 0.1) is 30.8 Å². The van der Waals surface area contributed by atoms with Crippen LogP contribution in [0.25, 0.3) is 10.9 Å². The summed E-state index contributed by atoms with van der Waals surface area (Å²) in [4.78, 5) is 4.54. The van der Waals surface area contributed by atoms with Gasteiger partial charge >= 0.3 is 0 Å². The molecule has 1 heterocycles. The summed E-state index contributed by atoms with van der Waals surface area (Å²) in [5, 5.41) is 4.50. The van der Waals surface area contributed by atoms with Crippen LogP contribution in [0.5, 0.6) is 11.5 Å². The topological polar surface area (TPSA) is 69.4 Å². The molecule has 1 aromatic carbocycles. The second-order valence-corrected chi connectivity index (χ2v) is 5.49. The van der Waals surface area contributed by atoms with E-state index < -0.39 is 0 Å². The van der Waals surface area contributed by atoms with Crippen LogP contribution in [-0.2, 0) is 0 Å². The number of rotatable bonds is 7. The van der Waals surface area contributed by atoms with Crippen molar-refractivity contribution in [3.63, 3.8) is 0 Å². The molecule has 0 spiro atoms. The summed E-state index contributed by atoms with van der Waals surface area (Å²) in [6.45, 7) is 4.90. The molecule has 0 bridgehead atoms. The molecular weight excluding hydrogens is 278 g/mol. The van der Waals surface area contributed by atoms with Crippen molar-refractivity contribution < 1.29 is 9.47 Å². The number of nitrogens with two attached hydrogens (primary N) is 1. The van der Waals surface area contributed by atoms with E-state index in [2.05, 4.69) is 17.2 Å². The molecular formula is C17H25N3O2. The molecule has 2 aromatic rings. The summed E-state index contributed by atoms with van der Waals surface area (Å²) in [7, 11) is 3.30. The van der Waals surface area contributed by atoms with E-state index in [-0.39, 0.29) is 0 Å². The average Bonchev–Trinajstić information content (AvgIpc) is 2.53. The van der Waals surface area contributed by atoms with E-state index >= 15 is 0 Å². The van der Waals surface area contributed by atoms with Crippen LogP contribution in [0.4, 0.5) is 5.69 Å². The monoisotopic (exact) mass is 303 g/mol. The Morgan fingerprint density at radius 2 is 2.09 bits per heavy atom. The van der Waals surface area contributed by atoms with Gasteiger partial charge in [0.2, 0.25) is 0 Å². The first-order valence-electron chi connectivity index (χ1n) is 7.59. The van der Waals surface area contributed by atoms with Gasteiger partial charge in [-0.3, -0.25) is 4.98 Å². The van der Waals surface area contributed by atoms with Gasteiger partial charge in [0.1, 0.15) is 0 Å². The molecule has 1 unspecified atom stereocenters. The van der Waals surface area contributed by atoms with Crippen molar-refractivity contribution in [2.24, 2.45) is 5.73 Å². The highest BCUT2D eigenvalue weighted by atomic mass is 16.5. The van der Waals surface area contributed by atoms with Gasteiger partial charge < -0.3 is 20.5 Å². The highest BCUT2D eigenvalue weighted by molar-refractivity contribution is 5.99. The molecule has 2 rings (SSSR count). The Bertz CT molecular complexity index is 643. The van der Waals surface area contributed by atoms with Gasteiger partial charge in [0, 0.05) is 18.3 Å². The van der Waals surface area contributed by atoms with Crippen molar-refractivity contribution in [3.05, 3.63) is 23.9 Å². The molecule has 0 aliphatic heterocycles. The van der Waals surface area contributed by atoms with Gasteiger partial charge in [-0.2, -0.15) is 0 Å². The zero-order chi connectivity index (χ0) is 16.1. The molecule has 120 valence electrons. The lowest BCUT2D eigenvalue weighted by molar-refractivity contribution is 0.358. The zero-order valence-corrected chi connectivity index (χ0v) is 13.8. The maximum Gasteiger partial charge on any atom is 0.170 e. The van der Waals surface area contributed by atoms with Crippen LogP contribution >= 0.6 is 0 Å². The third-order valence-electron chi connectivity index (χ3n) is 3.81. The highest BCUT2D eigenvalue weighted by Crippen LogP contribution is 2.41. The Morgan fingerprint density at radius 1 is 1.32 bits per heavy atom. The maximum atomic E-state index is 5.59. The van der Waals surface area contributed by atoms with Crippen molar-refractivity contribution in [1.82, 2.24) is 4.98 Å². The summed E-state index contributed by atoms with van der Waals surface area (Å²) in [5.74, 6) is 1.43. The van der Waals surface area contributed by atoms with Crippen LogP contribution in [0.2, 0.25) is 0 Å². The Labute approximate surface area is 131 Å². The van der Waals surface area contributed by atoms with Crippen LogP contribution in [-0.4, -0.2) is 31.8 Å². The molecule has 3 N–H and O–H groups in total. The van der Waals surface area contributed by atoms with E-state index in [1.54, 1.807) is 14.2 Å². The number of benzene rings is 1. The predicted octanol–water partition coefficient (Wildman–Crippen LogP) is 3.10. The number of pyridine rings is 1. The maximum absolute atomic E-state index is 5.59. The Morgan fingerprint density at radius 3 is 2.73 bits per heavy atom. The lowest BCUT2D eigenvalue weighted by Crippen LogP contribution is -2.17. The van der Waals surface area contributed by atoms with Crippen molar-refractivity contribution in [1.29, 1.82) is 0 Å². The minimum atomic E-state index is 0.312. The van der Waals surface area contributed by atoms with Crippen molar-refractivity contribution in [3.8, 4) is 11.5 Å². The number of anilines is 1. The summed E-state index contributed by atoms with van der Waals surface area (Å²) in [6, 6.07) is 4.24. The summed E-state index contributed by atoms with van der Waals surface area (Å²) in [5.41, 5.74) is 8.56. The summed E-state index contributed by atoms with van der Waals surface area (Å²) in [6.07, 6.45) is 3.82. The minimum absolute atomic E-state index is 0.312. The summed E-state index contributed by atoms with van der Waals surface area (Å²) >= 11 is 0. The molecule has 1 atom stereocenters. The number of nitrogens with one attached hydrogen (secondary N) is 1. The first-order valence-corrected chi connectivity index (χ1v) is 7.59. The van der Waals surface area contributed by atoms with Crippen molar-refractivity contribution in [2.75, 3.05) is 26.1 Å². The molecule has 0 radical (unpaired) electrons. The molecule has 5 heteroatoms. The highest BCUT2D eigenvalue weighted by Gasteiger charge is 2.17. The van der Waals surface area contributed by atoms with Crippen LogP contribution < -0.4 is 20.5 Å². The minimum Gasteiger partial charge on any atom is -0.493 e. The van der Waals surface area contributed by atoms with Crippen LogP contribution in [0.1, 0.15) is 25.3 Å². The molecule has 0 fully saturated rings. The molecule has 1 aromatic heterocycles. The lowest BCUT2D eigenvalue weighted by Gasteiger charge is -2.19. The number of fused-ring (bicyclic) bond motifs is 1.